The summed E-state index contributed by atoms with van der Waals surface area (Å²) < 4.78 is 1.88. The molecule has 1 aromatic heterocycles. The summed E-state index contributed by atoms with van der Waals surface area (Å²) in [4.78, 5) is 23.1. The van der Waals surface area contributed by atoms with Crippen LogP contribution in [-0.2, 0) is 6.54 Å². The molecule has 0 spiro atoms. The van der Waals surface area contributed by atoms with Gasteiger partial charge in [0, 0.05) is 29.4 Å². The number of carbonyl (C=O) groups excluding carboxylic acids is 1. The molecule has 0 radical (unpaired) electrons. The van der Waals surface area contributed by atoms with Crippen LogP contribution in [0.1, 0.15) is 32.6 Å². The Morgan fingerprint density at radius 1 is 1.07 bits per heavy atom. The normalized spacial score (nSPS) is 10.2. The Bertz CT molecular complexity index is 1030. The summed E-state index contributed by atoms with van der Waals surface area (Å²) in [6, 6.07) is 14.1. The minimum atomic E-state index is -0.420. The Labute approximate surface area is 180 Å². The van der Waals surface area contributed by atoms with Crippen LogP contribution in [0, 0.1) is 30.9 Å². The van der Waals surface area contributed by atoms with Crippen molar-refractivity contribution in [3.8, 4) is 0 Å². The molecule has 3 aromatic rings. The number of nitrogens with one attached hydrogen (secondary N) is 1. The van der Waals surface area contributed by atoms with Gasteiger partial charge in [0.1, 0.15) is 5.56 Å². The van der Waals surface area contributed by atoms with Gasteiger partial charge in [0.05, 0.1) is 4.92 Å². The maximum atomic E-state index is 12.7. The van der Waals surface area contributed by atoms with Crippen molar-refractivity contribution in [2.45, 2.75) is 27.3 Å². The number of halogens is 1. The van der Waals surface area contributed by atoms with Gasteiger partial charge in [0.15, 0.2) is 18.9 Å². The first-order chi connectivity index (χ1) is 13.3. The van der Waals surface area contributed by atoms with Crippen molar-refractivity contribution in [1.29, 1.82) is 0 Å². The molecule has 7 heteroatoms. The molecule has 1 N–H and O–H groups in total. The topological polar surface area (TPSA) is 76.1 Å². The summed E-state index contributed by atoms with van der Waals surface area (Å²) in [7, 11) is 0. The SMILES string of the molecule is Cc1cc(C)c(NC(=O)c2ccc[n+](Cc3ccc([N+](=O)[O-])cc3)c2)c(C)c1.[Br-]. The molecule has 2 aromatic carbocycles. The van der Waals surface area contributed by atoms with Crippen molar-refractivity contribution in [3.63, 3.8) is 0 Å². The standard InChI is InChI=1S/C22H21N3O3.BrH/c1-15-11-16(2)21(17(3)12-15)23-22(26)19-5-4-10-24(14-19)13-18-6-8-20(9-7-18)25(27)28;/h4-12,14H,13H2,1-3H3;1H. The maximum absolute atomic E-state index is 12.7. The number of aromatic nitrogens is 1. The van der Waals surface area contributed by atoms with E-state index in [9.17, 15) is 14.9 Å². The number of benzene rings is 2. The first-order valence-electron chi connectivity index (χ1n) is 8.95. The van der Waals surface area contributed by atoms with E-state index in [0.717, 1.165) is 27.9 Å². The molecule has 0 bridgehead atoms. The number of nitro groups is 1. The van der Waals surface area contributed by atoms with Gasteiger partial charge in [-0.3, -0.25) is 14.9 Å². The van der Waals surface area contributed by atoms with Crippen LogP contribution in [0.5, 0.6) is 0 Å². The molecule has 0 unspecified atom stereocenters. The first-order valence-corrected chi connectivity index (χ1v) is 8.95. The van der Waals surface area contributed by atoms with Crippen LogP contribution in [0.25, 0.3) is 0 Å². The fourth-order valence-corrected chi connectivity index (χ4v) is 3.25. The molecule has 3 rings (SSSR count). The minimum Gasteiger partial charge on any atom is -1.00 e. The largest absolute Gasteiger partial charge is 1.00 e. The van der Waals surface area contributed by atoms with Crippen LogP contribution in [0.3, 0.4) is 0 Å². The summed E-state index contributed by atoms with van der Waals surface area (Å²) in [6.07, 6.45) is 3.64. The Morgan fingerprint density at radius 2 is 1.69 bits per heavy atom. The van der Waals surface area contributed by atoms with E-state index in [1.54, 1.807) is 24.4 Å². The quantitative estimate of drug-likeness (QED) is 0.355. The van der Waals surface area contributed by atoms with Crippen LogP contribution < -0.4 is 26.9 Å². The molecule has 0 saturated heterocycles. The molecule has 1 amide bonds. The third-order valence-electron chi connectivity index (χ3n) is 4.55. The number of hydrogen-bond donors (Lipinski definition) is 1. The van der Waals surface area contributed by atoms with Gasteiger partial charge in [-0.25, -0.2) is 0 Å². The summed E-state index contributed by atoms with van der Waals surface area (Å²) in [5.74, 6) is -0.173. The number of carbonyl (C=O) groups is 1. The summed E-state index contributed by atoms with van der Waals surface area (Å²) in [6.45, 7) is 6.51. The molecule has 0 fully saturated rings. The number of anilines is 1. The van der Waals surface area contributed by atoms with Gasteiger partial charge >= 0.3 is 0 Å². The molecular weight excluding hydrogens is 434 g/mol. The van der Waals surface area contributed by atoms with E-state index >= 15 is 0 Å². The highest BCUT2D eigenvalue weighted by Crippen LogP contribution is 2.22. The van der Waals surface area contributed by atoms with Gasteiger partial charge in [0.25, 0.3) is 11.6 Å². The maximum Gasteiger partial charge on any atom is 0.269 e. The van der Waals surface area contributed by atoms with Crippen molar-refractivity contribution in [2.75, 3.05) is 5.32 Å². The van der Waals surface area contributed by atoms with Crippen molar-refractivity contribution < 1.29 is 31.3 Å². The van der Waals surface area contributed by atoms with Gasteiger partial charge in [-0.1, -0.05) is 17.7 Å². The zero-order valence-corrected chi connectivity index (χ0v) is 18.1. The Kier molecular flexibility index (Phi) is 7.23. The number of pyridine rings is 1. The number of hydrogen-bond acceptors (Lipinski definition) is 3. The lowest BCUT2D eigenvalue weighted by atomic mass is 10.0. The number of nitrogens with zero attached hydrogens (tertiary/aromatic N) is 2. The van der Waals surface area contributed by atoms with E-state index in [2.05, 4.69) is 5.32 Å². The van der Waals surface area contributed by atoms with Gasteiger partial charge in [-0.15, -0.1) is 0 Å². The lowest BCUT2D eigenvalue weighted by Gasteiger charge is -2.12. The molecule has 29 heavy (non-hydrogen) atoms. The second-order valence-corrected chi connectivity index (χ2v) is 6.92. The smallest absolute Gasteiger partial charge is 0.269 e. The Balaban J connectivity index is 0.00000300. The predicted molar refractivity (Wildman–Crippen MR) is 107 cm³/mol. The highest BCUT2D eigenvalue weighted by molar-refractivity contribution is 6.04. The van der Waals surface area contributed by atoms with Gasteiger partial charge in [-0.05, 0) is 50.1 Å². The molecular formula is C22H22BrN3O3. The second kappa shape index (κ2) is 9.43. The van der Waals surface area contributed by atoms with E-state index in [4.69, 9.17) is 0 Å². The van der Waals surface area contributed by atoms with Gasteiger partial charge in [-0.2, -0.15) is 4.57 Å². The van der Waals surface area contributed by atoms with Crippen LogP contribution in [0.4, 0.5) is 11.4 Å². The third kappa shape index (κ3) is 5.48. The average Bonchev–Trinajstić information content (AvgIpc) is 2.65. The zero-order chi connectivity index (χ0) is 20.3. The molecule has 0 atom stereocenters. The van der Waals surface area contributed by atoms with Gasteiger partial charge in [0.2, 0.25) is 0 Å². The summed E-state index contributed by atoms with van der Waals surface area (Å²) >= 11 is 0. The van der Waals surface area contributed by atoms with E-state index in [0.29, 0.717) is 12.1 Å². The highest BCUT2D eigenvalue weighted by atomic mass is 79.9. The van der Waals surface area contributed by atoms with Crippen LogP contribution in [0.2, 0.25) is 0 Å². The Morgan fingerprint density at radius 3 is 2.28 bits per heavy atom. The molecule has 0 aliphatic heterocycles. The van der Waals surface area contributed by atoms with Crippen molar-refractivity contribution in [3.05, 3.63) is 98.9 Å². The Hall–Kier alpha value is -3.06. The zero-order valence-electron chi connectivity index (χ0n) is 16.5. The second-order valence-electron chi connectivity index (χ2n) is 6.92. The predicted octanol–water partition coefficient (Wildman–Crippen LogP) is 1.11. The van der Waals surface area contributed by atoms with Crippen molar-refractivity contribution in [2.24, 2.45) is 0 Å². The summed E-state index contributed by atoms with van der Waals surface area (Å²) in [5.41, 5.74) is 5.57. The number of aryl methyl sites for hydroxylation is 3. The third-order valence-corrected chi connectivity index (χ3v) is 4.55. The number of non-ortho nitro benzene ring substituents is 1. The molecule has 6 nitrogen and oxygen atoms in total. The molecule has 150 valence electrons. The molecule has 1 heterocycles. The van der Waals surface area contributed by atoms with Crippen LogP contribution in [0.15, 0.2) is 60.9 Å². The number of nitro benzene ring substituents is 1. The van der Waals surface area contributed by atoms with Crippen molar-refractivity contribution >= 4 is 17.3 Å². The monoisotopic (exact) mass is 455 g/mol. The molecule has 0 saturated carbocycles. The fraction of sp³-hybridized carbons (Fsp3) is 0.182. The average molecular weight is 456 g/mol. The van der Waals surface area contributed by atoms with E-state index in [1.165, 1.54) is 12.1 Å². The summed E-state index contributed by atoms with van der Waals surface area (Å²) in [5, 5.41) is 13.8. The molecule has 0 aliphatic rings. The number of rotatable bonds is 5. The molecule has 0 aliphatic carbocycles. The van der Waals surface area contributed by atoms with E-state index < -0.39 is 4.92 Å². The van der Waals surface area contributed by atoms with Crippen LogP contribution >= 0.6 is 0 Å². The lowest BCUT2D eigenvalue weighted by Crippen LogP contribution is -3.00. The van der Waals surface area contributed by atoms with E-state index in [-0.39, 0.29) is 28.6 Å². The van der Waals surface area contributed by atoms with Crippen LogP contribution in [-0.4, -0.2) is 10.8 Å². The van der Waals surface area contributed by atoms with Gasteiger partial charge < -0.3 is 22.3 Å². The highest BCUT2D eigenvalue weighted by Gasteiger charge is 2.14. The first kappa shape index (κ1) is 22.2. The minimum absolute atomic E-state index is 0. The lowest BCUT2D eigenvalue weighted by molar-refractivity contribution is -0.688. The number of amides is 1. The fourth-order valence-electron chi connectivity index (χ4n) is 3.25. The van der Waals surface area contributed by atoms with Crippen molar-refractivity contribution in [1.82, 2.24) is 0 Å². The van der Waals surface area contributed by atoms with E-state index in [1.807, 2.05) is 49.7 Å².